The summed E-state index contributed by atoms with van der Waals surface area (Å²) in [4.78, 5) is 15.4. The predicted molar refractivity (Wildman–Crippen MR) is 90.3 cm³/mol. The summed E-state index contributed by atoms with van der Waals surface area (Å²) < 4.78 is 5.14. The van der Waals surface area contributed by atoms with Crippen molar-refractivity contribution >= 4 is 28.9 Å². The van der Waals surface area contributed by atoms with Crippen LogP contribution in [-0.4, -0.2) is 21.9 Å². The van der Waals surface area contributed by atoms with Gasteiger partial charge < -0.3 is 14.5 Å². The average molecular weight is 347 g/mol. The Kier molecular flexibility index (Phi) is 4.90. The van der Waals surface area contributed by atoms with Crippen molar-refractivity contribution in [3.8, 4) is 5.75 Å². The highest BCUT2D eigenvalue weighted by atomic mass is 35.5. The minimum atomic E-state index is -0.651. The van der Waals surface area contributed by atoms with E-state index in [1.807, 2.05) is 20.8 Å². The van der Waals surface area contributed by atoms with Crippen molar-refractivity contribution in [3.63, 3.8) is 0 Å². The van der Waals surface area contributed by atoms with Gasteiger partial charge in [0.1, 0.15) is 17.2 Å². The van der Waals surface area contributed by atoms with E-state index in [9.17, 15) is 9.90 Å². The van der Waals surface area contributed by atoms with Gasteiger partial charge in [0, 0.05) is 11.5 Å². The lowest BCUT2D eigenvalue weighted by Crippen LogP contribution is -2.13. The molecule has 2 aromatic rings. The van der Waals surface area contributed by atoms with Crippen LogP contribution in [0.15, 0.2) is 33.9 Å². The lowest BCUT2D eigenvalue weighted by molar-refractivity contribution is 0.105. The number of halogens is 1. The predicted octanol–water partition coefficient (Wildman–Crippen LogP) is 3.86. The molecular formula is C16H15ClN4O3. The third-order valence-corrected chi connectivity index (χ3v) is 3.33. The van der Waals surface area contributed by atoms with E-state index in [4.69, 9.17) is 22.7 Å². The average Bonchev–Trinajstić information content (AvgIpc) is 3.01. The molecule has 0 bridgehead atoms. The highest BCUT2D eigenvalue weighted by molar-refractivity contribution is 6.48. The van der Waals surface area contributed by atoms with Crippen LogP contribution in [0, 0.1) is 6.57 Å². The Labute approximate surface area is 143 Å². The smallest absolute Gasteiger partial charge is 0.343 e. The van der Waals surface area contributed by atoms with Gasteiger partial charge in [0.25, 0.3) is 0 Å². The van der Waals surface area contributed by atoms with Crippen molar-refractivity contribution in [1.29, 1.82) is 0 Å². The molecule has 0 aliphatic rings. The molecule has 0 aliphatic carbocycles. The van der Waals surface area contributed by atoms with Gasteiger partial charge in [-0.2, -0.15) is 0 Å². The Morgan fingerprint density at radius 1 is 1.42 bits per heavy atom. The van der Waals surface area contributed by atoms with E-state index in [1.54, 1.807) is 0 Å². The first-order valence-electron chi connectivity index (χ1n) is 6.94. The van der Waals surface area contributed by atoms with Crippen LogP contribution in [0.3, 0.4) is 0 Å². The lowest BCUT2D eigenvalue weighted by atomic mass is 9.93. The molecule has 0 radical (unpaired) electrons. The molecule has 0 fully saturated rings. The molecule has 24 heavy (non-hydrogen) atoms. The summed E-state index contributed by atoms with van der Waals surface area (Å²) in [6.45, 7) is 12.9. The third kappa shape index (κ3) is 3.91. The molecule has 0 aliphatic heterocycles. The number of benzene rings is 1. The van der Waals surface area contributed by atoms with E-state index in [2.05, 4.69) is 20.5 Å². The number of hydrogen-bond donors (Lipinski definition) is 2. The van der Waals surface area contributed by atoms with Gasteiger partial charge in [-0.15, -0.1) is 0 Å². The molecule has 0 spiro atoms. The van der Waals surface area contributed by atoms with Gasteiger partial charge in [-0.05, 0) is 23.3 Å². The normalized spacial score (nSPS) is 11.9. The maximum atomic E-state index is 12.3. The Morgan fingerprint density at radius 2 is 2.12 bits per heavy atom. The van der Waals surface area contributed by atoms with Crippen molar-refractivity contribution in [3.05, 3.63) is 52.2 Å². The van der Waals surface area contributed by atoms with Crippen molar-refractivity contribution < 1.29 is 14.4 Å². The number of Topliss-reactive ketones (excluding diaryl/α,β-unsaturated/α-hetero) is 1. The fourth-order valence-corrected chi connectivity index (χ4v) is 1.85. The summed E-state index contributed by atoms with van der Waals surface area (Å²) >= 11 is 5.78. The summed E-state index contributed by atoms with van der Waals surface area (Å²) in [6.07, 6.45) is 0. The number of anilines is 1. The van der Waals surface area contributed by atoms with Gasteiger partial charge in [0.15, 0.2) is 0 Å². The lowest BCUT2D eigenvalue weighted by Gasteiger charge is -2.11. The minimum Gasteiger partial charge on any atom is -0.506 e. The molecule has 1 aromatic heterocycles. The fourth-order valence-electron chi connectivity index (χ4n) is 1.67. The zero-order valence-corrected chi connectivity index (χ0v) is 14.0. The van der Waals surface area contributed by atoms with Gasteiger partial charge in [0.2, 0.25) is 5.78 Å². The Hall–Kier alpha value is -2.85. The molecule has 0 saturated heterocycles. The number of phenolic OH excluding ortho intramolecular Hbond substituents is 1. The number of aromatic hydroxyl groups is 1. The number of ketones is 1. The number of hydrogen-bond acceptors (Lipinski definition) is 6. The topological polar surface area (TPSA) is 92.1 Å². The van der Waals surface area contributed by atoms with E-state index >= 15 is 0 Å². The van der Waals surface area contributed by atoms with E-state index in [-0.39, 0.29) is 21.9 Å². The highest BCUT2D eigenvalue weighted by Gasteiger charge is 2.24. The molecule has 0 saturated carbocycles. The Morgan fingerprint density at radius 3 is 2.67 bits per heavy atom. The number of phenols is 1. The summed E-state index contributed by atoms with van der Waals surface area (Å²) in [7, 11) is 0. The van der Waals surface area contributed by atoms with E-state index in [0.29, 0.717) is 11.4 Å². The van der Waals surface area contributed by atoms with Crippen LogP contribution in [0.2, 0.25) is 5.02 Å². The number of aromatic nitrogens is 1. The first-order valence-corrected chi connectivity index (χ1v) is 7.31. The standard InChI is InChI=1S/C16H15ClN4O3/c1-16(2,3)13-8-11(21-24-13)14(23)15(18-4)20-19-9-5-6-12(22)10(17)7-9/h5-8,19,22H,1-3H3/b20-15+. The maximum absolute atomic E-state index is 12.3. The van der Waals surface area contributed by atoms with Crippen LogP contribution in [-0.2, 0) is 5.41 Å². The number of amidine groups is 1. The summed E-state index contributed by atoms with van der Waals surface area (Å²) in [6, 6.07) is 5.79. The molecule has 0 unspecified atom stereocenters. The van der Waals surface area contributed by atoms with Crippen LogP contribution in [0.5, 0.6) is 5.75 Å². The molecule has 2 rings (SSSR count). The van der Waals surface area contributed by atoms with Gasteiger partial charge in [-0.3, -0.25) is 4.79 Å². The SMILES string of the molecule is [C-]#[N+]/C(=N/Nc1ccc(O)c(Cl)c1)C(=O)c1cc(C(C)(C)C)on1. The van der Waals surface area contributed by atoms with E-state index in [0.717, 1.165) is 0 Å². The van der Waals surface area contributed by atoms with Crippen molar-refractivity contribution in [2.45, 2.75) is 26.2 Å². The van der Waals surface area contributed by atoms with Crippen LogP contribution < -0.4 is 5.43 Å². The maximum Gasteiger partial charge on any atom is 0.343 e. The van der Waals surface area contributed by atoms with E-state index in [1.165, 1.54) is 24.3 Å². The molecular weight excluding hydrogens is 332 g/mol. The molecule has 2 N–H and O–H groups in total. The highest BCUT2D eigenvalue weighted by Crippen LogP contribution is 2.26. The number of rotatable bonds is 4. The van der Waals surface area contributed by atoms with Crippen LogP contribution >= 0.6 is 11.6 Å². The molecule has 1 aromatic carbocycles. The van der Waals surface area contributed by atoms with Crippen LogP contribution in [0.25, 0.3) is 4.85 Å². The Bertz CT molecular complexity index is 844. The summed E-state index contributed by atoms with van der Waals surface area (Å²) in [5.74, 6) is -0.590. The largest absolute Gasteiger partial charge is 0.506 e. The number of nitrogens with one attached hydrogen (secondary N) is 1. The van der Waals surface area contributed by atoms with Gasteiger partial charge >= 0.3 is 5.84 Å². The quantitative estimate of drug-likeness (QED) is 0.219. The first kappa shape index (κ1) is 17.5. The molecule has 7 nitrogen and oxygen atoms in total. The summed E-state index contributed by atoms with van der Waals surface area (Å²) in [5, 5.41) is 17.0. The fraction of sp³-hybridized carbons (Fsp3) is 0.250. The van der Waals surface area contributed by atoms with Crippen LogP contribution in [0.1, 0.15) is 37.0 Å². The van der Waals surface area contributed by atoms with Gasteiger partial charge in [0.05, 0.1) is 10.7 Å². The monoisotopic (exact) mass is 346 g/mol. The second kappa shape index (κ2) is 6.72. The second-order valence-electron chi connectivity index (χ2n) is 5.98. The Balaban J connectivity index is 2.21. The number of hydrazone groups is 1. The number of carbonyl (C=O) groups is 1. The second-order valence-corrected chi connectivity index (χ2v) is 6.39. The molecule has 0 amide bonds. The van der Waals surface area contributed by atoms with Gasteiger partial charge in [-0.25, -0.2) is 5.43 Å². The van der Waals surface area contributed by atoms with Crippen molar-refractivity contribution in [2.24, 2.45) is 5.10 Å². The summed E-state index contributed by atoms with van der Waals surface area (Å²) in [5.41, 5.74) is 2.68. The third-order valence-electron chi connectivity index (χ3n) is 3.03. The van der Waals surface area contributed by atoms with E-state index < -0.39 is 11.6 Å². The van der Waals surface area contributed by atoms with Crippen LogP contribution in [0.4, 0.5) is 5.69 Å². The molecule has 1 heterocycles. The minimum absolute atomic E-state index is 0.0141. The molecule has 8 heteroatoms. The van der Waals surface area contributed by atoms with Crippen molar-refractivity contribution in [2.75, 3.05) is 5.43 Å². The molecule has 0 atom stereocenters. The zero-order valence-electron chi connectivity index (χ0n) is 13.3. The van der Waals surface area contributed by atoms with Gasteiger partial charge in [-0.1, -0.05) is 44.1 Å². The number of nitrogens with zero attached hydrogens (tertiary/aromatic N) is 3. The number of carbonyl (C=O) groups excluding carboxylic acids is 1. The molecule has 124 valence electrons. The zero-order chi connectivity index (χ0) is 17.9. The first-order chi connectivity index (χ1) is 11.2. The van der Waals surface area contributed by atoms with Crippen molar-refractivity contribution in [1.82, 2.24) is 5.16 Å².